The summed E-state index contributed by atoms with van der Waals surface area (Å²) in [4.78, 5) is 25.3. The summed E-state index contributed by atoms with van der Waals surface area (Å²) in [6, 6.07) is 7.51. The number of fused-ring (bicyclic) bond motifs is 1. The average molecular weight is 331 g/mol. The van der Waals surface area contributed by atoms with E-state index in [0.29, 0.717) is 18.2 Å². The van der Waals surface area contributed by atoms with Gasteiger partial charge in [0.1, 0.15) is 0 Å². The first kappa shape index (κ1) is 17.0. The predicted molar refractivity (Wildman–Crippen MR) is 92.1 cm³/mol. The second-order valence-electron chi connectivity index (χ2n) is 7.00. The molecule has 5 nitrogen and oxygen atoms in total. The lowest BCUT2D eigenvalue weighted by molar-refractivity contribution is -0.928. The third-order valence-corrected chi connectivity index (χ3v) is 5.48. The third kappa shape index (κ3) is 3.96. The van der Waals surface area contributed by atoms with Gasteiger partial charge >= 0.3 is 5.97 Å². The van der Waals surface area contributed by atoms with Gasteiger partial charge in [0, 0.05) is 11.6 Å². The van der Waals surface area contributed by atoms with Gasteiger partial charge in [-0.3, -0.25) is 4.79 Å². The Hall–Kier alpha value is -1.88. The van der Waals surface area contributed by atoms with Crippen molar-refractivity contribution in [3.05, 3.63) is 29.8 Å². The van der Waals surface area contributed by atoms with Crippen molar-refractivity contribution in [3.63, 3.8) is 0 Å². The molecular formula is C19H27N2O3+. The van der Waals surface area contributed by atoms with Gasteiger partial charge in [-0.1, -0.05) is 6.42 Å². The smallest absolute Gasteiger partial charge is 0.337 e. The molecule has 1 unspecified atom stereocenters. The summed E-state index contributed by atoms with van der Waals surface area (Å²) >= 11 is 0. The van der Waals surface area contributed by atoms with Gasteiger partial charge in [-0.25, -0.2) is 4.79 Å². The van der Waals surface area contributed by atoms with Crippen molar-refractivity contribution in [2.75, 3.05) is 25.5 Å². The number of piperidine rings is 1. The summed E-state index contributed by atoms with van der Waals surface area (Å²) in [6.45, 7) is 1.65. The highest BCUT2D eigenvalue weighted by atomic mass is 16.5. The standard InChI is InChI=1S/C19H26N2O3/c1-24-19(23)15-8-10-16(11-9-15)20-18(22)13-21-12-4-6-14-5-2-3-7-17(14)21/h8-11,14,17H,2-7,12-13H2,1H3,(H,20,22)/p+1/t14-,17-/m0/s1. The van der Waals surface area contributed by atoms with E-state index in [9.17, 15) is 9.59 Å². The number of amides is 1. The fourth-order valence-corrected chi connectivity index (χ4v) is 4.31. The third-order valence-electron chi connectivity index (χ3n) is 5.48. The SMILES string of the molecule is COC(=O)c1ccc(NC(=O)C[NH+]2CCC[C@@H]3CCCC[C@@H]32)cc1. The molecule has 3 rings (SSSR count). The molecule has 130 valence electrons. The van der Waals surface area contributed by atoms with Gasteiger partial charge in [-0.15, -0.1) is 0 Å². The average Bonchev–Trinajstić information content (AvgIpc) is 2.62. The van der Waals surface area contributed by atoms with Crippen LogP contribution in [0.3, 0.4) is 0 Å². The van der Waals surface area contributed by atoms with Crippen molar-refractivity contribution >= 4 is 17.6 Å². The van der Waals surface area contributed by atoms with Crippen LogP contribution >= 0.6 is 0 Å². The molecule has 1 aliphatic heterocycles. The number of benzene rings is 1. The van der Waals surface area contributed by atoms with E-state index in [0.717, 1.165) is 18.2 Å². The molecule has 1 heterocycles. The van der Waals surface area contributed by atoms with Crippen LogP contribution in [0.25, 0.3) is 0 Å². The van der Waals surface area contributed by atoms with Crippen molar-refractivity contribution in [1.82, 2.24) is 0 Å². The Morgan fingerprint density at radius 1 is 1.12 bits per heavy atom. The Morgan fingerprint density at radius 2 is 1.83 bits per heavy atom. The van der Waals surface area contributed by atoms with Crippen molar-refractivity contribution < 1.29 is 19.2 Å². The molecule has 1 amide bonds. The summed E-state index contributed by atoms with van der Waals surface area (Å²) in [5, 5.41) is 2.96. The van der Waals surface area contributed by atoms with E-state index in [2.05, 4.69) is 10.1 Å². The molecule has 2 fully saturated rings. The molecule has 0 bridgehead atoms. The van der Waals surface area contributed by atoms with Crippen LogP contribution in [0.5, 0.6) is 0 Å². The zero-order valence-electron chi connectivity index (χ0n) is 14.3. The quantitative estimate of drug-likeness (QED) is 0.825. The Bertz CT molecular complexity index is 583. The van der Waals surface area contributed by atoms with Gasteiger partial charge in [0.25, 0.3) is 5.91 Å². The number of quaternary nitrogens is 1. The number of esters is 1. The van der Waals surface area contributed by atoms with Gasteiger partial charge in [0.15, 0.2) is 6.54 Å². The van der Waals surface area contributed by atoms with Gasteiger partial charge in [0.05, 0.1) is 25.3 Å². The van der Waals surface area contributed by atoms with Gasteiger partial charge in [0.2, 0.25) is 0 Å². The Morgan fingerprint density at radius 3 is 2.58 bits per heavy atom. The lowest BCUT2D eigenvalue weighted by Crippen LogP contribution is -3.18. The van der Waals surface area contributed by atoms with Crippen molar-refractivity contribution in [2.45, 2.75) is 44.6 Å². The molecule has 1 aromatic rings. The molecule has 1 aromatic carbocycles. The van der Waals surface area contributed by atoms with E-state index in [1.807, 2.05) is 0 Å². The maximum absolute atomic E-state index is 12.4. The zero-order chi connectivity index (χ0) is 16.9. The Kier molecular flexibility index (Phi) is 5.51. The molecule has 1 aliphatic carbocycles. The first-order valence-electron chi connectivity index (χ1n) is 9.00. The number of rotatable bonds is 4. The number of methoxy groups -OCH3 is 1. The maximum atomic E-state index is 12.4. The predicted octanol–water partition coefficient (Wildman–Crippen LogP) is 1.65. The van der Waals surface area contributed by atoms with Gasteiger partial charge < -0.3 is 15.0 Å². The van der Waals surface area contributed by atoms with E-state index in [-0.39, 0.29) is 11.9 Å². The second-order valence-corrected chi connectivity index (χ2v) is 7.00. The van der Waals surface area contributed by atoms with E-state index < -0.39 is 0 Å². The van der Waals surface area contributed by atoms with Crippen LogP contribution in [0, 0.1) is 5.92 Å². The molecular weight excluding hydrogens is 304 g/mol. The minimum Gasteiger partial charge on any atom is -0.465 e. The number of ether oxygens (including phenoxy) is 1. The number of carbonyl (C=O) groups excluding carboxylic acids is 2. The molecule has 2 aliphatic rings. The Balaban J connectivity index is 1.56. The molecule has 3 atom stereocenters. The van der Waals surface area contributed by atoms with Gasteiger partial charge in [-0.2, -0.15) is 0 Å². The summed E-state index contributed by atoms with van der Waals surface area (Å²) in [7, 11) is 1.36. The lowest BCUT2D eigenvalue weighted by Gasteiger charge is -2.40. The van der Waals surface area contributed by atoms with Crippen molar-refractivity contribution in [3.8, 4) is 0 Å². The first-order chi connectivity index (χ1) is 11.7. The molecule has 1 saturated heterocycles. The number of hydrogen-bond donors (Lipinski definition) is 2. The van der Waals surface area contributed by atoms with E-state index >= 15 is 0 Å². The van der Waals surface area contributed by atoms with Crippen molar-refractivity contribution in [1.29, 1.82) is 0 Å². The van der Waals surface area contributed by atoms with Crippen LogP contribution in [0.4, 0.5) is 5.69 Å². The van der Waals surface area contributed by atoms with E-state index in [1.165, 1.54) is 50.5 Å². The first-order valence-corrected chi connectivity index (χ1v) is 9.00. The number of nitrogens with one attached hydrogen (secondary N) is 2. The van der Waals surface area contributed by atoms with E-state index in [1.54, 1.807) is 24.3 Å². The normalized spacial score (nSPS) is 26.3. The molecule has 2 N–H and O–H groups in total. The molecule has 0 radical (unpaired) electrons. The topological polar surface area (TPSA) is 59.8 Å². The molecule has 0 spiro atoms. The highest BCUT2D eigenvalue weighted by Crippen LogP contribution is 2.28. The number of carbonyl (C=O) groups is 2. The molecule has 0 aromatic heterocycles. The summed E-state index contributed by atoms with van der Waals surface area (Å²) in [5.41, 5.74) is 1.21. The lowest BCUT2D eigenvalue weighted by atomic mass is 9.78. The summed E-state index contributed by atoms with van der Waals surface area (Å²) in [6.07, 6.45) is 7.84. The monoisotopic (exact) mass is 331 g/mol. The summed E-state index contributed by atoms with van der Waals surface area (Å²) in [5.74, 6) is 0.505. The van der Waals surface area contributed by atoms with Gasteiger partial charge in [-0.05, 0) is 56.4 Å². The minimum absolute atomic E-state index is 0.0574. The Labute approximate surface area is 143 Å². The second kappa shape index (κ2) is 7.79. The number of likely N-dealkylation sites (tertiary alicyclic amines) is 1. The molecule has 1 saturated carbocycles. The zero-order valence-corrected chi connectivity index (χ0v) is 14.3. The molecule has 24 heavy (non-hydrogen) atoms. The number of hydrogen-bond acceptors (Lipinski definition) is 3. The number of anilines is 1. The van der Waals surface area contributed by atoms with Crippen molar-refractivity contribution in [2.24, 2.45) is 5.92 Å². The highest BCUT2D eigenvalue weighted by molar-refractivity contribution is 5.93. The summed E-state index contributed by atoms with van der Waals surface area (Å²) < 4.78 is 4.68. The van der Waals surface area contributed by atoms with Crippen LogP contribution in [0.15, 0.2) is 24.3 Å². The van der Waals surface area contributed by atoms with Crippen LogP contribution in [0.2, 0.25) is 0 Å². The van der Waals surface area contributed by atoms with E-state index in [4.69, 9.17) is 0 Å². The van der Waals surface area contributed by atoms with Crippen LogP contribution < -0.4 is 10.2 Å². The van der Waals surface area contributed by atoms with Crippen LogP contribution in [-0.4, -0.2) is 38.1 Å². The molecule has 5 heteroatoms. The maximum Gasteiger partial charge on any atom is 0.337 e. The minimum atomic E-state index is -0.367. The fourth-order valence-electron chi connectivity index (χ4n) is 4.31. The largest absolute Gasteiger partial charge is 0.465 e. The van der Waals surface area contributed by atoms with Crippen LogP contribution in [0.1, 0.15) is 48.9 Å². The fraction of sp³-hybridized carbons (Fsp3) is 0.579. The van der Waals surface area contributed by atoms with Crippen LogP contribution in [-0.2, 0) is 9.53 Å². The highest BCUT2D eigenvalue weighted by Gasteiger charge is 2.37.